The third-order valence-electron chi connectivity index (χ3n) is 2.90. The van der Waals surface area contributed by atoms with Crippen molar-refractivity contribution in [2.45, 2.75) is 25.9 Å². The molecule has 0 aliphatic heterocycles. The van der Waals surface area contributed by atoms with Crippen LogP contribution in [0.15, 0.2) is 30.5 Å². The van der Waals surface area contributed by atoms with Gasteiger partial charge in [0, 0.05) is 18.8 Å². The summed E-state index contributed by atoms with van der Waals surface area (Å²) in [6.45, 7) is 2.06. The SMILES string of the molecule is CCCc1cn(C)c(-c2ccc(C(F)(F)F)cc2)n1. The van der Waals surface area contributed by atoms with Crippen molar-refractivity contribution >= 4 is 0 Å². The van der Waals surface area contributed by atoms with Crippen molar-refractivity contribution < 1.29 is 13.2 Å². The predicted molar refractivity (Wildman–Crippen MR) is 67.6 cm³/mol. The fourth-order valence-electron chi connectivity index (χ4n) is 1.98. The Balaban J connectivity index is 2.32. The van der Waals surface area contributed by atoms with Crippen molar-refractivity contribution in [3.05, 3.63) is 41.7 Å². The Bertz CT molecular complexity index is 553. The van der Waals surface area contributed by atoms with Crippen molar-refractivity contribution in [2.24, 2.45) is 7.05 Å². The summed E-state index contributed by atoms with van der Waals surface area (Å²) in [5.41, 5.74) is 1.01. The molecule has 0 bridgehead atoms. The molecular weight excluding hydrogens is 253 g/mol. The third-order valence-corrected chi connectivity index (χ3v) is 2.90. The molecule has 0 atom stereocenters. The van der Waals surface area contributed by atoms with Gasteiger partial charge in [0.1, 0.15) is 5.82 Å². The van der Waals surface area contributed by atoms with Crippen molar-refractivity contribution in [2.75, 3.05) is 0 Å². The van der Waals surface area contributed by atoms with Gasteiger partial charge >= 0.3 is 6.18 Å². The summed E-state index contributed by atoms with van der Waals surface area (Å²) in [5, 5.41) is 0. The lowest BCUT2D eigenvalue weighted by Gasteiger charge is -2.07. The first-order valence-electron chi connectivity index (χ1n) is 6.11. The maximum absolute atomic E-state index is 12.5. The van der Waals surface area contributed by atoms with E-state index in [-0.39, 0.29) is 0 Å². The van der Waals surface area contributed by atoms with Crippen molar-refractivity contribution in [1.29, 1.82) is 0 Å². The average molecular weight is 268 g/mol. The summed E-state index contributed by atoms with van der Waals surface area (Å²) < 4.78 is 39.3. The van der Waals surface area contributed by atoms with Gasteiger partial charge in [0.05, 0.1) is 11.3 Å². The molecule has 0 amide bonds. The third kappa shape index (κ3) is 2.97. The minimum absolute atomic E-state index is 0.640. The summed E-state index contributed by atoms with van der Waals surface area (Å²) in [4.78, 5) is 4.44. The number of halogens is 3. The van der Waals surface area contributed by atoms with E-state index in [1.54, 1.807) is 0 Å². The van der Waals surface area contributed by atoms with E-state index in [0.29, 0.717) is 11.4 Å². The van der Waals surface area contributed by atoms with Gasteiger partial charge in [-0.2, -0.15) is 13.2 Å². The fraction of sp³-hybridized carbons (Fsp3) is 0.357. The van der Waals surface area contributed by atoms with Crippen LogP contribution in [-0.2, 0) is 19.6 Å². The summed E-state index contributed by atoms with van der Waals surface area (Å²) >= 11 is 0. The van der Waals surface area contributed by atoms with E-state index < -0.39 is 11.7 Å². The van der Waals surface area contributed by atoms with Crippen LogP contribution in [0.1, 0.15) is 24.6 Å². The number of benzene rings is 1. The summed E-state index contributed by atoms with van der Waals surface area (Å²) in [5.74, 6) is 0.692. The summed E-state index contributed by atoms with van der Waals surface area (Å²) in [6.07, 6.45) is -0.526. The highest BCUT2D eigenvalue weighted by atomic mass is 19.4. The Labute approximate surface area is 109 Å². The van der Waals surface area contributed by atoms with E-state index in [2.05, 4.69) is 11.9 Å². The molecule has 0 unspecified atom stereocenters. The van der Waals surface area contributed by atoms with Crippen LogP contribution in [0.4, 0.5) is 13.2 Å². The highest BCUT2D eigenvalue weighted by molar-refractivity contribution is 5.56. The van der Waals surface area contributed by atoms with Crippen LogP contribution in [0.5, 0.6) is 0 Å². The van der Waals surface area contributed by atoms with Crippen LogP contribution in [0.2, 0.25) is 0 Å². The van der Waals surface area contributed by atoms with Gasteiger partial charge in [-0.15, -0.1) is 0 Å². The largest absolute Gasteiger partial charge is 0.416 e. The van der Waals surface area contributed by atoms with Crippen LogP contribution < -0.4 is 0 Å². The molecule has 5 heteroatoms. The number of hydrogen-bond acceptors (Lipinski definition) is 1. The van der Waals surface area contributed by atoms with Crippen LogP contribution in [0, 0.1) is 0 Å². The second-order valence-electron chi connectivity index (χ2n) is 4.49. The second-order valence-corrected chi connectivity index (χ2v) is 4.49. The zero-order valence-corrected chi connectivity index (χ0v) is 10.8. The van der Waals surface area contributed by atoms with Gasteiger partial charge < -0.3 is 4.57 Å². The Morgan fingerprint density at radius 2 is 1.79 bits per heavy atom. The molecule has 0 saturated heterocycles. The van der Waals surface area contributed by atoms with E-state index >= 15 is 0 Å². The minimum Gasteiger partial charge on any atom is -0.334 e. The van der Waals surface area contributed by atoms with Crippen LogP contribution >= 0.6 is 0 Å². The van der Waals surface area contributed by atoms with E-state index in [1.165, 1.54) is 12.1 Å². The lowest BCUT2D eigenvalue weighted by Crippen LogP contribution is -2.04. The zero-order valence-electron chi connectivity index (χ0n) is 10.8. The Hall–Kier alpha value is -1.78. The Morgan fingerprint density at radius 3 is 2.32 bits per heavy atom. The monoisotopic (exact) mass is 268 g/mol. The highest BCUT2D eigenvalue weighted by Crippen LogP contribution is 2.30. The lowest BCUT2D eigenvalue weighted by molar-refractivity contribution is -0.137. The maximum atomic E-state index is 12.5. The zero-order chi connectivity index (χ0) is 14.0. The molecule has 2 aromatic rings. The molecule has 1 aromatic heterocycles. The first-order valence-corrected chi connectivity index (χ1v) is 6.11. The van der Waals surface area contributed by atoms with Gasteiger partial charge in [-0.3, -0.25) is 0 Å². The molecule has 1 aromatic carbocycles. The first kappa shape index (κ1) is 13.6. The number of aromatic nitrogens is 2. The molecule has 0 aliphatic carbocycles. The minimum atomic E-state index is -4.30. The average Bonchev–Trinajstić information content (AvgIpc) is 2.70. The van der Waals surface area contributed by atoms with Gasteiger partial charge in [0.2, 0.25) is 0 Å². The van der Waals surface area contributed by atoms with E-state index in [9.17, 15) is 13.2 Å². The predicted octanol–water partition coefficient (Wildman–Crippen LogP) is 4.06. The van der Waals surface area contributed by atoms with Crippen molar-refractivity contribution in [3.63, 3.8) is 0 Å². The summed E-state index contributed by atoms with van der Waals surface area (Å²) in [6, 6.07) is 5.09. The molecule has 0 fully saturated rings. The number of nitrogens with zero attached hydrogens (tertiary/aromatic N) is 2. The Kier molecular flexibility index (Phi) is 3.64. The first-order chi connectivity index (χ1) is 8.91. The number of hydrogen-bond donors (Lipinski definition) is 0. The lowest BCUT2D eigenvalue weighted by atomic mass is 10.1. The number of alkyl halides is 3. The van der Waals surface area contributed by atoms with Gasteiger partial charge in [-0.25, -0.2) is 4.98 Å². The smallest absolute Gasteiger partial charge is 0.334 e. The molecule has 0 saturated carbocycles. The quantitative estimate of drug-likeness (QED) is 0.820. The van der Waals surface area contributed by atoms with E-state index in [0.717, 1.165) is 30.7 Å². The molecule has 0 N–H and O–H groups in total. The van der Waals surface area contributed by atoms with E-state index in [1.807, 2.05) is 17.8 Å². The standard InChI is InChI=1S/C14H15F3N2/c1-3-4-12-9-19(2)13(18-12)10-5-7-11(8-6-10)14(15,16)17/h5-9H,3-4H2,1-2H3. The van der Waals surface area contributed by atoms with Gasteiger partial charge in [-0.05, 0) is 18.6 Å². The molecule has 1 heterocycles. The molecule has 2 nitrogen and oxygen atoms in total. The van der Waals surface area contributed by atoms with Crippen LogP contribution in [0.25, 0.3) is 11.4 Å². The maximum Gasteiger partial charge on any atom is 0.416 e. The van der Waals surface area contributed by atoms with Gasteiger partial charge in [-0.1, -0.05) is 25.5 Å². The van der Waals surface area contributed by atoms with Crippen LogP contribution in [-0.4, -0.2) is 9.55 Å². The topological polar surface area (TPSA) is 17.8 Å². The molecule has 2 rings (SSSR count). The normalized spacial score (nSPS) is 11.8. The molecule has 19 heavy (non-hydrogen) atoms. The van der Waals surface area contributed by atoms with Gasteiger partial charge in [0.25, 0.3) is 0 Å². The molecule has 0 aliphatic rings. The second kappa shape index (κ2) is 5.07. The van der Waals surface area contributed by atoms with Crippen LogP contribution in [0.3, 0.4) is 0 Å². The van der Waals surface area contributed by atoms with Crippen molar-refractivity contribution in [3.8, 4) is 11.4 Å². The van der Waals surface area contributed by atoms with Crippen molar-refractivity contribution in [1.82, 2.24) is 9.55 Å². The fourth-order valence-corrected chi connectivity index (χ4v) is 1.98. The molecule has 0 spiro atoms. The summed E-state index contributed by atoms with van der Waals surface area (Å²) in [7, 11) is 1.85. The number of imidazole rings is 1. The Morgan fingerprint density at radius 1 is 1.16 bits per heavy atom. The highest BCUT2D eigenvalue weighted by Gasteiger charge is 2.30. The molecule has 102 valence electrons. The molecule has 0 radical (unpaired) electrons. The number of aryl methyl sites for hydroxylation is 2. The van der Waals surface area contributed by atoms with Gasteiger partial charge in [0.15, 0.2) is 0 Å². The molecular formula is C14H15F3N2. The van der Waals surface area contributed by atoms with E-state index in [4.69, 9.17) is 0 Å². The number of rotatable bonds is 3.